The molecular formula is C39H59NO7S. The van der Waals surface area contributed by atoms with Gasteiger partial charge in [0.2, 0.25) is 10.0 Å². The number of ketones is 1. The Hall–Kier alpha value is -2.07. The third-order valence-corrected chi connectivity index (χ3v) is 15.0. The first-order chi connectivity index (χ1) is 22.4. The van der Waals surface area contributed by atoms with Gasteiger partial charge in [-0.15, -0.1) is 0 Å². The second-order valence-electron chi connectivity index (χ2n) is 16.6. The van der Waals surface area contributed by atoms with Gasteiger partial charge in [0.25, 0.3) is 0 Å². The van der Waals surface area contributed by atoms with E-state index in [-0.39, 0.29) is 53.3 Å². The molecule has 0 aromatic heterocycles. The Morgan fingerprint density at radius 1 is 1.02 bits per heavy atom. The number of esters is 1. The lowest BCUT2D eigenvalue weighted by Crippen LogP contribution is -2.52. The van der Waals surface area contributed by atoms with Gasteiger partial charge in [0, 0.05) is 30.5 Å². The number of nitrogens with zero attached hydrogens (tertiary/aromatic N) is 1. The monoisotopic (exact) mass is 685 g/mol. The highest BCUT2D eigenvalue weighted by Crippen LogP contribution is 2.67. The minimum absolute atomic E-state index is 0.0395. The van der Waals surface area contributed by atoms with Crippen molar-refractivity contribution in [2.24, 2.45) is 28.6 Å². The number of benzene rings is 1. The lowest BCUT2D eigenvalue weighted by atomic mass is 9.69. The maximum atomic E-state index is 14.4. The molecule has 2 heterocycles. The molecule has 4 aliphatic rings. The molecule has 6 atom stereocenters. The Bertz CT molecular complexity index is 1480. The number of rotatable bonds is 15. The van der Waals surface area contributed by atoms with E-state index < -0.39 is 38.7 Å². The molecule has 0 N–H and O–H groups in total. The zero-order valence-electron chi connectivity index (χ0n) is 30.7. The molecule has 0 amide bonds. The van der Waals surface area contributed by atoms with E-state index in [1.54, 1.807) is 10.4 Å². The summed E-state index contributed by atoms with van der Waals surface area (Å²) in [6.45, 7) is 19.0. The summed E-state index contributed by atoms with van der Waals surface area (Å²) in [5.41, 5.74) is -1.08. The highest BCUT2D eigenvalue weighted by Gasteiger charge is 2.69. The average molecular weight is 686 g/mol. The quantitative estimate of drug-likeness (QED) is 0.142. The van der Waals surface area contributed by atoms with Crippen LogP contribution in [0.5, 0.6) is 0 Å². The van der Waals surface area contributed by atoms with Gasteiger partial charge < -0.3 is 14.2 Å². The van der Waals surface area contributed by atoms with E-state index in [1.165, 1.54) is 0 Å². The Morgan fingerprint density at radius 3 is 2.29 bits per heavy atom. The van der Waals surface area contributed by atoms with Crippen molar-refractivity contribution in [3.05, 3.63) is 47.5 Å². The number of carbonyl (C=O) groups is 2. The van der Waals surface area contributed by atoms with E-state index in [2.05, 4.69) is 13.8 Å². The van der Waals surface area contributed by atoms with Crippen molar-refractivity contribution < 1.29 is 32.2 Å². The van der Waals surface area contributed by atoms with Crippen LogP contribution in [0, 0.1) is 28.6 Å². The van der Waals surface area contributed by atoms with Crippen molar-refractivity contribution in [2.45, 2.75) is 143 Å². The second-order valence-corrected chi connectivity index (χ2v) is 18.5. The van der Waals surface area contributed by atoms with Gasteiger partial charge >= 0.3 is 5.97 Å². The Kier molecular flexibility index (Phi) is 10.5. The van der Waals surface area contributed by atoms with Crippen molar-refractivity contribution in [2.75, 3.05) is 12.4 Å². The molecule has 268 valence electrons. The summed E-state index contributed by atoms with van der Waals surface area (Å²) in [6.07, 6.45) is 6.01. The molecule has 2 aliphatic heterocycles. The molecule has 3 fully saturated rings. The van der Waals surface area contributed by atoms with E-state index in [0.717, 1.165) is 30.4 Å². The van der Waals surface area contributed by atoms with Crippen molar-refractivity contribution >= 4 is 21.8 Å². The van der Waals surface area contributed by atoms with E-state index in [1.807, 2.05) is 78.8 Å². The fourth-order valence-corrected chi connectivity index (χ4v) is 12.6. The number of fused-ring (bicyclic) bond motifs is 4. The van der Waals surface area contributed by atoms with Crippen molar-refractivity contribution in [3.63, 3.8) is 0 Å². The van der Waals surface area contributed by atoms with Gasteiger partial charge in [0.1, 0.15) is 17.3 Å². The van der Waals surface area contributed by atoms with Crippen LogP contribution in [0.2, 0.25) is 0 Å². The molecule has 0 radical (unpaired) electrons. The molecule has 48 heavy (non-hydrogen) atoms. The van der Waals surface area contributed by atoms with Crippen LogP contribution in [0.4, 0.5) is 0 Å². The lowest BCUT2D eigenvalue weighted by Gasteiger charge is -2.44. The average Bonchev–Trinajstić information content (AvgIpc) is 3.49. The SMILES string of the molecule is CC(C)N(C(C)C)S(=O)(=O)C[C@@]12CC[C@@H](C[C@@H]1OC(=O)[C@@H]1C[C@]3(C(C)C)O[C@@]1(C)C(CCCCOCc1ccccc1)=CC3=O)C2(C)C. The molecule has 1 saturated heterocycles. The second kappa shape index (κ2) is 13.6. The molecule has 0 spiro atoms. The number of unbranched alkanes of at least 4 members (excludes halogenated alkanes) is 1. The topological polar surface area (TPSA) is 99.2 Å². The maximum Gasteiger partial charge on any atom is 0.312 e. The van der Waals surface area contributed by atoms with Gasteiger partial charge in [-0.25, -0.2) is 8.42 Å². The first-order valence-electron chi connectivity index (χ1n) is 18.2. The van der Waals surface area contributed by atoms with Crippen LogP contribution in [-0.2, 0) is 40.4 Å². The number of ether oxygens (including phenoxy) is 3. The van der Waals surface area contributed by atoms with Crippen LogP contribution < -0.4 is 0 Å². The van der Waals surface area contributed by atoms with Gasteiger partial charge in [-0.3, -0.25) is 9.59 Å². The molecule has 0 unspecified atom stereocenters. The summed E-state index contributed by atoms with van der Waals surface area (Å²) in [6, 6.07) is 9.73. The standard InChI is InChI=1S/C39H59NO7S/c1-26(2)39-23-32(37(9,47-39)31(21-33(39)41)17-13-14-20-45-24-29-15-11-10-12-16-29)35(42)46-34-22-30-18-19-38(34,36(30,7)8)25-48(43,44)40(27(3)4)28(5)6/h10-12,15-16,21,26-28,30,32,34H,13-14,17-20,22-25H2,1-9H3/t30-,32-,34-,37-,38-,39+/m0/s1. The fraction of sp³-hybridized carbons (Fsp3) is 0.744. The number of hydrogen-bond donors (Lipinski definition) is 0. The predicted octanol–water partition coefficient (Wildman–Crippen LogP) is 7.26. The van der Waals surface area contributed by atoms with Gasteiger partial charge in [-0.2, -0.15) is 4.31 Å². The molecule has 4 bridgehead atoms. The lowest BCUT2D eigenvalue weighted by molar-refractivity contribution is -0.170. The molecule has 9 heteroatoms. The summed E-state index contributed by atoms with van der Waals surface area (Å²) in [5, 5.41) is 0. The molecule has 1 aromatic rings. The minimum Gasteiger partial charge on any atom is -0.461 e. The number of carbonyl (C=O) groups excluding carboxylic acids is 2. The summed E-state index contributed by atoms with van der Waals surface area (Å²) < 4.78 is 48.9. The Labute approximate surface area is 289 Å². The minimum atomic E-state index is -3.65. The Morgan fingerprint density at radius 2 is 1.69 bits per heavy atom. The van der Waals surface area contributed by atoms with E-state index >= 15 is 0 Å². The van der Waals surface area contributed by atoms with Crippen molar-refractivity contribution in [1.82, 2.24) is 4.31 Å². The van der Waals surface area contributed by atoms with Gasteiger partial charge in [0.15, 0.2) is 5.78 Å². The zero-order valence-corrected chi connectivity index (χ0v) is 31.5. The third kappa shape index (κ3) is 6.35. The predicted molar refractivity (Wildman–Crippen MR) is 188 cm³/mol. The maximum absolute atomic E-state index is 14.4. The molecule has 2 saturated carbocycles. The first-order valence-corrected chi connectivity index (χ1v) is 19.8. The highest BCUT2D eigenvalue weighted by atomic mass is 32.2. The third-order valence-electron chi connectivity index (χ3n) is 12.6. The number of hydrogen-bond acceptors (Lipinski definition) is 7. The highest BCUT2D eigenvalue weighted by molar-refractivity contribution is 7.89. The Balaban J connectivity index is 1.33. The van der Waals surface area contributed by atoms with Crippen molar-refractivity contribution in [1.29, 1.82) is 0 Å². The summed E-state index contributed by atoms with van der Waals surface area (Å²) in [5.74, 6) is -1.00. The molecular weight excluding hydrogens is 626 g/mol. The fourth-order valence-electron chi connectivity index (χ4n) is 9.77. The van der Waals surface area contributed by atoms with Crippen LogP contribution >= 0.6 is 0 Å². The van der Waals surface area contributed by atoms with Crippen LogP contribution in [0.15, 0.2) is 42.0 Å². The zero-order chi connectivity index (χ0) is 35.3. The van der Waals surface area contributed by atoms with Gasteiger partial charge in [0.05, 0.1) is 18.3 Å². The summed E-state index contributed by atoms with van der Waals surface area (Å²) in [7, 11) is -3.65. The van der Waals surface area contributed by atoms with E-state index in [9.17, 15) is 18.0 Å². The van der Waals surface area contributed by atoms with Crippen LogP contribution in [0.1, 0.15) is 113 Å². The molecule has 8 nitrogen and oxygen atoms in total. The smallest absolute Gasteiger partial charge is 0.312 e. The normalized spacial score (nSPS) is 32.6. The van der Waals surface area contributed by atoms with Crippen LogP contribution in [0.3, 0.4) is 0 Å². The van der Waals surface area contributed by atoms with Crippen molar-refractivity contribution in [3.8, 4) is 0 Å². The van der Waals surface area contributed by atoms with E-state index in [0.29, 0.717) is 32.5 Å². The first kappa shape index (κ1) is 37.2. The van der Waals surface area contributed by atoms with Crippen LogP contribution in [-0.4, -0.2) is 66.2 Å². The largest absolute Gasteiger partial charge is 0.461 e. The summed E-state index contributed by atoms with van der Waals surface area (Å²) in [4.78, 5) is 28.1. The van der Waals surface area contributed by atoms with Crippen LogP contribution in [0.25, 0.3) is 0 Å². The van der Waals surface area contributed by atoms with E-state index in [4.69, 9.17) is 14.2 Å². The summed E-state index contributed by atoms with van der Waals surface area (Å²) >= 11 is 0. The molecule has 5 rings (SSSR count). The molecule has 1 aromatic carbocycles. The van der Waals surface area contributed by atoms with Gasteiger partial charge in [-0.1, -0.05) is 58.0 Å². The molecule has 2 aliphatic carbocycles. The number of sulfonamides is 1. The van der Waals surface area contributed by atoms with Gasteiger partial charge in [-0.05, 0) is 108 Å².